The molecule has 2 radical (unpaired) electrons. The van der Waals surface area contributed by atoms with Gasteiger partial charge in [-0.05, 0) is 37.5 Å². The first-order valence-electron chi connectivity index (χ1n) is 3.87. The maximum atomic E-state index is 5.63. The van der Waals surface area contributed by atoms with Crippen molar-refractivity contribution in [2.24, 2.45) is 4.99 Å². The third-order valence-electron chi connectivity index (χ3n) is 1.77. The largest absolute Gasteiger partial charge is 0.272 e. The smallest absolute Gasteiger partial charge is 0.142 e. The second-order valence-corrected chi connectivity index (χ2v) is 2.69. The molecule has 0 aromatic carbocycles. The highest BCUT2D eigenvalue weighted by atomic mass is 14.8. The Labute approximate surface area is 74.2 Å². The van der Waals surface area contributed by atoms with Crippen molar-refractivity contribution >= 4 is 25.3 Å². The Balaban J connectivity index is 3.32. The van der Waals surface area contributed by atoms with Crippen LogP contribution in [0.5, 0.6) is 0 Å². The van der Waals surface area contributed by atoms with Gasteiger partial charge in [0.05, 0.1) is 5.69 Å². The highest BCUT2D eigenvalue weighted by molar-refractivity contribution is 6.32. The van der Waals surface area contributed by atoms with Crippen molar-refractivity contribution in [3.8, 4) is 0 Å². The number of hydrogen-bond donors (Lipinski definition) is 0. The van der Waals surface area contributed by atoms with Crippen LogP contribution in [0.3, 0.4) is 0 Å². The summed E-state index contributed by atoms with van der Waals surface area (Å²) in [6, 6.07) is 0. The summed E-state index contributed by atoms with van der Waals surface area (Å²) in [6.07, 6.45) is 3.50. The third kappa shape index (κ3) is 1.55. The summed E-state index contributed by atoms with van der Waals surface area (Å²) in [6.45, 7) is 5.79. The fourth-order valence-corrected chi connectivity index (χ4v) is 1.07. The molecule has 0 saturated carbocycles. The van der Waals surface area contributed by atoms with Crippen molar-refractivity contribution < 1.29 is 0 Å². The number of aromatic nitrogens is 1. The summed E-state index contributed by atoms with van der Waals surface area (Å²) in [5.41, 5.74) is 3.50. The second kappa shape index (κ2) is 3.52. The van der Waals surface area contributed by atoms with Crippen LogP contribution in [0.15, 0.2) is 11.2 Å². The highest BCUT2D eigenvalue weighted by Gasteiger charge is 2.02. The maximum absolute atomic E-state index is 5.63. The summed E-state index contributed by atoms with van der Waals surface area (Å²) < 4.78 is 0. The van der Waals surface area contributed by atoms with E-state index in [9.17, 15) is 0 Å². The van der Waals surface area contributed by atoms with Gasteiger partial charge in [0.15, 0.2) is 0 Å². The monoisotopic (exact) mass is 158 g/mol. The lowest BCUT2D eigenvalue weighted by atomic mass is 9.96. The van der Waals surface area contributed by atoms with Gasteiger partial charge in [0, 0.05) is 12.4 Å². The third-order valence-corrected chi connectivity index (χ3v) is 1.77. The molecule has 0 aliphatic carbocycles. The fraction of sp³-hybridized carbons (Fsp3) is 0.333. The standard InChI is InChI=1S/C9H11BN2/c1-4-11-8-6(2)5-12-9(10)7(8)3/h4-5H,1-3H3. The lowest BCUT2D eigenvalue weighted by Gasteiger charge is -2.06. The van der Waals surface area contributed by atoms with E-state index in [0.29, 0.717) is 5.59 Å². The highest BCUT2D eigenvalue weighted by Crippen LogP contribution is 2.19. The Bertz CT molecular complexity index is 319. The van der Waals surface area contributed by atoms with Gasteiger partial charge >= 0.3 is 0 Å². The maximum Gasteiger partial charge on any atom is 0.142 e. The molecule has 3 heteroatoms. The van der Waals surface area contributed by atoms with Gasteiger partial charge in [-0.2, -0.15) is 0 Å². The van der Waals surface area contributed by atoms with Gasteiger partial charge in [-0.15, -0.1) is 0 Å². The van der Waals surface area contributed by atoms with Crippen molar-refractivity contribution in [2.45, 2.75) is 20.8 Å². The van der Waals surface area contributed by atoms with E-state index in [0.717, 1.165) is 16.8 Å². The van der Waals surface area contributed by atoms with Crippen LogP contribution in [0.2, 0.25) is 0 Å². The van der Waals surface area contributed by atoms with Gasteiger partial charge in [-0.1, -0.05) is 0 Å². The lowest BCUT2D eigenvalue weighted by molar-refractivity contribution is 1.24. The van der Waals surface area contributed by atoms with E-state index >= 15 is 0 Å². The molecule has 2 nitrogen and oxygen atoms in total. The molecular weight excluding hydrogens is 147 g/mol. The van der Waals surface area contributed by atoms with Crippen molar-refractivity contribution in [3.05, 3.63) is 17.3 Å². The molecule has 0 unspecified atom stereocenters. The number of aliphatic imine (C=N–C) groups is 1. The predicted octanol–water partition coefficient (Wildman–Crippen LogP) is 1.21. The number of nitrogens with zero attached hydrogens (tertiary/aromatic N) is 2. The predicted molar refractivity (Wildman–Crippen MR) is 52.9 cm³/mol. The van der Waals surface area contributed by atoms with Crippen LogP contribution in [-0.2, 0) is 0 Å². The zero-order valence-corrected chi connectivity index (χ0v) is 7.63. The summed E-state index contributed by atoms with van der Waals surface area (Å²) in [7, 11) is 5.63. The lowest BCUT2D eigenvalue weighted by Crippen LogP contribution is -2.12. The van der Waals surface area contributed by atoms with Gasteiger partial charge < -0.3 is 0 Å². The van der Waals surface area contributed by atoms with E-state index in [1.165, 1.54) is 0 Å². The van der Waals surface area contributed by atoms with Gasteiger partial charge in [0.25, 0.3) is 0 Å². The van der Waals surface area contributed by atoms with Crippen molar-refractivity contribution in [1.82, 2.24) is 4.98 Å². The van der Waals surface area contributed by atoms with E-state index in [1.54, 1.807) is 12.4 Å². The molecular formula is C9H11BN2. The number of rotatable bonds is 1. The molecule has 1 aromatic heterocycles. The van der Waals surface area contributed by atoms with E-state index in [1.807, 2.05) is 20.8 Å². The zero-order valence-electron chi connectivity index (χ0n) is 7.63. The Morgan fingerprint density at radius 3 is 2.75 bits per heavy atom. The first kappa shape index (κ1) is 8.98. The minimum absolute atomic E-state index is 0.557. The summed E-state index contributed by atoms with van der Waals surface area (Å²) in [5.74, 6) is 0. The normalized spacial score (nSPS) is 10.9. The van der Waals surface area contributed by atoms with Crippen LogP contribution in [0.4, 0.5) is 5.69 Å². The molecule has 0 fully saturated rings. The van der Waals surface area contributed by atoms with E-state index in [4.69, 9.17) is 7.85 Å². The van der Waals surface area contributed by atoms with Crippen LogP contribution in [-0.4, -0.2) is 19.0 Å². The van der Waals surface area contributed by atoms with Gasteiger partial charge in [0.2, 0.25) is 0 Å². The SMILES string of the molecule is [B]c1ncc(C)c(N=CC)c1C. The van der Waals surface area contributed by atoms with Crippen LogP contribution in [0.25, 0.3) is 0 Å². The summed E-state index contributed by atoms with van der Waals surface area (Å²) in [4.78, 5) is 8.25. The number of pyridine rings is 1. The summed E-state index contributed by atoms with van der Waals surface area (Å²) in [5, 5.41) is 0. The van der Waals surface area contributed by atoms with E-state index in [-0.39, 0.29) is 0 Å². The average molecular weight is 158 g/mol. The fourth-order valence-electron chi connectivity index (χ4n) is 1.07. The first-order valence-corrected chi connectivity index (χ1v) is 3.87. The molecule has 0 N–H and O–H groups in total. The Morgan fingerprint density at radius 1 is 1.50 bits per heavy atom. The Hall–Kier alpha value is -1.12. The topological polar surface area (TPSA) is 25.2 Å². The summed E-state index contributed by atoms with van der Waals surface area (Å²) >= 11 is 0. The molecule has 0 atom stereocenters. The van der Waals surface area contributed by atoms with Crippen molar-refractivity contribution in [3.63, 3.8) is 0 Å². The molecule has 1 rings (SSSR count). The molecule has 0 spiro atoms. The van der Waals surface area contributed by atoms with Gasteiger partial charge in [-0.3, -0.25) is 9.98 Å². The molecule has 0 aliphatic heterocycles. The van der Waals surface area contributed by atoms with Crippen LogP contribution < -0.4 is 5.59 Å². The van der Waals surface area contributed by atoms with Crippen molar-refractivity contribution in [1.29, 1.82) is 0 Å². The average Bonchev–Trinajstić information content (AvgIpc) is 2.06. The molecule has 60 valence electrons. The van der Waals surface area contributed by atoms with Crippen LogP contribution >= 0.6 is 0 Å². The molecule has 0 amide bonds. The minimum atomic E-state index is 0.557. The minimum Gasteiger partial charge on any atom is -0.272 e. The van der Waals surface area contributed by atoms with E-state index in [2.05, 4.69) is 9.98 Å². The van der Waals surface area contributed by atoms with Gasteiger partial charge in [-0.25, -0.2) is 0 Å². The van der Waals surface area contributed by atoms with Crippen LogP contribution in [0, 0.1) is 13.8 Å². The molecule has 1 heterocycles. The van der Waals surface area contributed by atoms with Gasteiger partial charge in [0.1, 0.15) is 7.85 Å². The zero-order chi connectivity index (χ0) is 9.14. The first-order chi connectivity index (χ1) is 5.66. The van der Waals surface area contributed by atoms with Crippen molar-refractivity contribution in [2.75, 3.05) is 0 Å². The quantitative estimate of drug-likeness (QED) is 0.445. The Kier molecular flexibility index (Phi) is 2.63. The number of hydrogen-bond acceptors (Lipinski definition) is 2. The second-order valence-electron chi connectivity index (χ2n) is 2.69. The molecule has 1 aromatic rings. The molecule has 0 saturated heterocycles. The van der Waals surface area contributed by atoms with Crippen LogP contribution in [0.1, 0.15) is 18.1 Å². The molecule has 0 bridgehead atoms. The number of aryl methyl sites for hydroxylation is 1. The Morgan fingerprint density at radius 2 is 2.17 bits per heavy atom. The van der Waals surface area contributed by atoms with E-state index < -0.39 is 0 Å². The molecule has 0 aliphatic rings. The molecule has 12 heavy (non-hydrogen) atoms.